The van der Waals surface area contributed by atoms with Crippen molar-refractivity contribution in [2.75, 3.05) is 39.4 Å². The van der Waals surface area contributed by atoms with Crippen molar-refractivity contribution >= 4 is 5.78 Å². The van der Waals surface area contributed by atoms with Gasteiger partial charge in [-0.15, -0.1) is 0 Å². The van der Waals surface area contributed by atoms with E-state index < -0.39 is 89.3 Å². The van der Waals surface area contributed by atoms with Crippen molar-refractivity contribution in [2.45, 2.75) is 88.0 Å². The van der Waals surface area contributed by atoms with Crippen LogP contribution in [0, 0.1) is 35.3 Å². The summed E-state index contributed by atoms with van der Waals surface area (Å²) in [5, 5.41) is 3.27. The highest BCUT2D eigenvalue weighted by atomic mass is 19.4. The molecule has 4 aliphatic heterocycles. The maximum Gasteiger partial charge on any atom is 0.416 e. The lowest BCUT2D eigenvalue weighted by atomic mass is 9.77. The Morgan fingerprint density at radius 3 is 1.38 bits per heavy atom. The van der Waals surface area contributed by atoms with Crippen LogP contribution in [0.1, 0.15) is 95.2 Å². The van der Waals surface area contributed by atoms with E-state index in [0.717, 1.165) is 11.3 Å². The maximum absolute atomic E-state index is 13.7. The molecule has 0 unspecified atom stereocenters. The zero-order chi connectivity index (χ0) is 52.1. The van der Waals surface area contributed by atoms with Gasteiger partial charge in [-0.2, -0.15) is 52.7 Å². The molecule has 0 aromatic heterocycles. The van der Waals surface area contributed by atoms with Gasteiger partial charge in [0.2, 0.25) is 0 Å². The highest BCUT2D eigenvalue weighted by Gasteiger charge is 2.49. The van der Waals surface area contributed by atoms with Gasteiger partial charge in [-0.1, -0.05) is 24.3 Å². The molecule has 4 saturated heterocycles. The third kappa shape index (κ3) is 12.1. The van der Waals surface area contributed by atoms with Crippen molar-refractivity contribution in [3.8, 4) is 0 Å². The van der Waals surface area contributed by atoms with E-state index in [4.69, 9.17) is 18.9 Å². The van der Waals surface area contributed by atoms with Crippen molar-refractivity contribution < 1.29 is 85.2 Å². The van der Waals surface area contributed by atoms with Crippen molar-refractivity contribution in [1.29, 1.82) is 0 Å². The van der Waals surface area contributed by atoms with E-state index in [9.17, 15) is 66.3 Å². The summed E-state index contributed by atoms with van der Waals surface area (Å²) >= 11 is 0. The normalized spacial score (nSPS) is 26.6. The first-order chi connectivity index (χ1) is 33.7. The smallest absolute Gasteiger partial charge is 0.374 e. The summed E-state index contributed by atoms with van der Waals surface area (Å²) in [5.41, 5.74) is -3.85. The zero-order valence-corrected chi connectivity index (χ0v) is 38.4. The molecule has 4 aromatic carbocycles. The van der Waals surface area contributed by atoms with Crippen LogP contribution in [-0.2, 0) is 48.4 Å². The first-order valence-corrected chi connectivity index (χ1v) is 23.1. The lowest BCUT2D eigenvalue weighted by Gasteiger charge is -2.40. The molecule has 4 aromatic rings. The summed E-state index contributed by atoms with van der Waals surface area (Å²) in [7, 11) is 0. The van der Waals surface area contributed by atoms with Crippen LogP contribution >= 0.6 is 0 Å². The third-order valence-corrected chi connectivity index (χ3v) is 14.0. The van der Waals surface area contributed by atoms with Gasteiger partial charge in [0.15, 0.2) is 18.4 Å². The first-order valence-electron chi connectivity index (χ1n) is 23.1. The van der Waals surface area contributed by atoms with E-state index in [1.165, 1.54) is 38.1 Å². The van der Waals surface area contributed by atoms with E-state index in [-0.39, 0.29) is 65.2 Å². The van der Waals surface area contributed by atoms with Crippen LogP contribution in [0.15, 0.2) is 96.7 Å². The average Bonchev–Trinajstić information content (AvgIpc) is 4.09. The number of allylic oxidation sites excluding steroid dienone is 2. The van der Waals surface area contributed by atoms with Gasteiger partial charge in [-0.05, 0) is 127 Å². The first kappa shape index (κ1) is 53.2. The summed E-state index contributed by atoms with van der Waals surface area (Å²) < 4.78 is 211. The lowest BCUT2D eigenvalue weighted by molar-refractivity contribution is -0.217. The zero-order valence-electron chi connectivity index (χ0n) is 38.4. The number of ether oxygens (including phenoxy) is 4. The Labute approximate surface area is 404 Å². The van der Waals surface area contributed by atoms with Crippen LogP contribution in [0.25, 0.3) is 0 Å². The van der Waals surface area contributed by atoms with Gasteiger partial charge < -0.3 is 29.2 Å². The molecule has 72 heavy (non-hydrogen) atoms. The number of hydrogen-bond acceptors (Lipinski definition) is 7. The van der Waals surface area contributed by atoms with Crippen LogP contribution in [0.5, 0.6) is 0 Å². The van der Waals surface area contributed by atoms with Crippen molar-refractivity contribution in [3.63, 3.8) is 0 Å². The predicted octanol–water partition coefficient (Wildman–Crippen LogP) is 12.8. The fraction of sp³-hybridized carbons (Fsp3) is 0.471. The Morgan fingerprint density at radius 2 is 0.972 bits per heavy atom. The number of rotatable bonds is 9. The van der Waals surface area contributed by atoms with Crippen LogP contribution in [0.4, 0.5) is 61.5 Å². The highest BCUT2D eigenvalue weighted by molar-refractivity contribution is 5.92. The number of hydrogen-bond donors (Lipinski definition) is 1. The van der Waals surface area contributed by atoms with Gasteiger partial charge in [0, 0.05) is 55.6 Å². The Kier molecular flexibility index (Phi) is 15.3. The molecule has 21 heteroatoms. The molecule has 4 heterocycles. The highest BCUT2D eigenvalue weighted by Crippen LogP contribution is 2.48. The molecule has 0 radical (unpaired) electrons. The standard InChI is InChI=1S/C28H26F7NO3.C23H22F7NO2/c1-15(17-8-19(27(30,31)32)10-20(9-17)28(33,34)35)39-26-25(16-2-4-21(29)5-3-16)24-13-36(12-18(24)14-38-26)22-6-7-23(37)11-22;1-12(14-6-16(22(25,26)27)8-17(7-14)23(28,29)30)33-21-20(13-2-4-18(24)5-3-13)19-10-31-9-15(19)11-32-21/h2-5,8-11,15,18,24-26H,6-7,12-14H2,1H3;2-8,12,15,19-21,31H,9-11H2,1H3/t15-,18-,24-,25+,26-;12-,15-,19-,20+,21-/m10/s1. The van der Waals surface area contributed by atoms with E-state index in [1.807, 2.05) is 0 Å². The maximum atomic E-state index is 13.7. The molecule has 0 amide bonds. The minimum absolute atomic E-state index is 0.0391. The SMILES string of the molecule is C[C@@H](O[C@H]1OC[C@H]2CN(C3=CC(=O)CC3)C[C@H]2[C@@H]1c1ccc(F)cc1)c1cc(C(F)(F)F)cc(C(F)(F)F)c1.C[C@H](O[C@@H]1OC[C@@H]2CNC[C@@H]2[C@H]1c1ccc(F)cc1)c1cc(C(F)(F)F)cc(C(F)(F)F)c1. The summed E-state index contributed by atoms with van der Waals surface area (Å²) in [6.07, 6.45) is -21.4. The van der Waals surface area contributed by atoms with E-state index in [0.29, 0.717) is 75.5 Å². The summed E-state index contributed by atoms with van der Waals surface area (Å²) in [6.45, 7) is 5.91. The molecule has 1 N–H and O–H groups in total. The second kappa shape index (κ2) is 20.7. The Bertz CT molecular complexity index is 2520. The molecule has 10 atom stereocenters. The van der Waals surface area contributed by atoms with Crippen LogP contribution in [0.3, 0.4) is 0 Å². The van der Waals surface area contributed by atoms with Crippen LogP contribution in [0.2, 0.25) is 0 Å². The Morgan fingerprint density at radius 1 is 0.556 bits per heavy atom. The quantitative estimate of drug-likeness (QED) is 0.168. The Balaban J connectivity index is 0.000000195. The molecule has 0 spiro atoms. The van der Waals surface area contributed by atoms with Gasteiger partial charge in [0.05, 0.1) is 47.7 Å². The van der Waals surface area contributed by atoms with E-state index in [2.05, 4.69) is 10.2 Å². The number of benzene rings is 4. The topological polar surface area (TPSA) is 69.3 Å². The number of fused-ring (bicyclic) bond motifs is 2. The van der Waals surface area contributed by atoms with Gasteiger partial charge in [-0.25, -0.2) is 8.78 Å². The monoisotopic (exact) mass is 1030 g/mol. The number of alkyl halides is 12. The number of halogens is 14. The molecular formula is C51H48F14N2O5. The number of nitrogens with one attached hydrogen (secondary N) is 1. The summed E-state index contributed by atoms with van der Waals surface area (Å²) in [4.78, 5) is 13.9. The fourth-order valence-electron chi connectivity index (χ4n) is 10.4. The minimum atomic E-state index is -4.98. The number of likely N-dealkylation sites (tertiary alicyclic amines) is 1. The van der Waals surface area contributed by atoms with Gasteiger partial charge >= 0.3 is 24.7 Å². The number of carbonyl (C=O) groups is 1. The third-order valence-electron chi connectivity index (χ3n) is 14.0. The molecule has 0 bridgehead atoms. The van der Waals surface area contributed by atoms with Crippen LogP contribution in [-0.4, -0.2) is 62.7 Å². The number of ketones is 1. The lowest BCUT2D eigenvalue weighted by Crippen LogP contribution is -2.42. The molecule has 9 rings (SSSR count). The molecular weight excluding hydrogens is 987 g/mol. The van der Waals surface area contributed by atoms with Gasteiger partial charge in [-0.3, -0.25) is 4.79 Å². The molecule has 0 saturated carbocycles. The number of carbonyl (C=O) groups excluding carboxylic acids is 1. The van der Waals surface area contributed by atoms with Crippen molar-refractivity contribution in [3.05, 3.63) is 153 Å². The summed E-state index contributed by atoms with van der Waals surface area (Å²) in [6, 6.07) is 14.3. The van der Waals surface area contributed by atoms with E-state index >= 15 is 0 Å². The predicted molar refractivity (Wildman–Crippen MR) is 230 cm³/mol. The second-order valence-corrected chi connectivity index (χ2v) is 18.8. The van der Waals surface area contributed by atoms with Gasteiger partial charge in [0.25, 0.3) is 0 Å². The van der Waals surface area contributed by atoms with E-state index in [1.54, 1.807) is 30.3 Å². The van der Waals surface area contributed by atoms with Crippen molar-refractivity contribution in [2.24, 2.45) is 23.7 Å². The second-order valence-electron chi connectivity index (χ2n) is 18.8. The number of nitrogens with zero attached hydrogens (tertiary/aromatic N) is 1. The molecule has 4 fully saturated rings. The Hall–Kier alpha value is -5.09. The molecule has 390 valence electrons. The minimum Gasteiger partial charge on any atom is -0.374 e. The van der Waals surface area contributed by atoms with Gasteiger partial charge in [0.1, 0.15) is 11.6 Å². The average molecular weight is 1030 g/mol. The molecule has 5 aliphatic rings. The van der Waals surface area contributed by atoms with Crippen LogP contribution < -0.4 is 5.32 Å². The van der Waals surface area contributed by atoms with Crippen molar-refractivity contribution in [1.82, 2.24) is 10.2 Å². The fourth-order valence-corrected chi connectivity index (χ4v) is 10.4. The summed E-state index contributed by atoms with van der Waals surface area (Å²) in [5.74, 6) is -1.45. The largest absolute Gasteiger partial charge is 0.416 e. The molecule has 1 aliphatic carbocycles. The molecule has 7 nitrogen and oxygen atoms in total.